The average molecular weight is 418 g/mol. The molecular weight excluding hydrogens is 398 g/mol. The van der Waals surface area contributed by atoms with Gasteiger partial charge in [0.25, 0.3) is 5.91 Å². The maximum atomic E-state index is 13.2. The number of carbonyl (C=O) groups excluding carboxylic acids is 1. The van der Waals surface area contributed by atoms with Crippen LogP contribution in [0.1, 0.15) is 16.1 Å². The second-order valence-electron chi connectivity index (χ2n) is 6.76. The average Bonchev–Trinajstić information content (AvgIpc) is 3.34. The number of aromatic nitrogens is 2. The zero-order chi connectivity index (χ0) is 19.3. The van der Waals surface area contributed by atoms with Crippen LogP contribution in [0.5, 0.6) is 0 Å². The van der Waals surface area contributed by atoms with Gasteiger partial charge in [0.2, 0.25) is 0 Å². The molecule has 3 aromatic rings. The molecule has 2 N–H and O–H groups in total. The summed E-state index contributed by atoms with van der Waals surface area (Å²) in [6.45, 7) is 2.01. The van der Waals surface area contributed by atoms with Crippen molar-refractivity contribution in [3.63, 3.8) is 0 Å². The first kappa shape index (κ1) is 17.9. The maximum Gasteiger partial charge on any atom is 0.274 e. The van der Waals surface area contributed by atoms with Crippen molar-refractivity contribution in [2.75, 3.05) is 26.3 Å². The van der Waals surface area contributed by atoms with Gasteiger partial charge >= 0.3 is 0 Å². The number of benzene rings is 1. The van der Waals surface area contributed by atoms with Crippen molar-refractivity contribution in [3.05, 3.63) is 53.0 Å². The van der Waals surface area contributed by atoms with Crippen molar-refractivity contribution in [2.45, 2.75) is 9.96 Å². The van der Waals surface area contributed by atoms with Gasteiger partial charge in [-0.15, -0.1) is 11.3 Å². The minimum absolute atomic E-state index is 0.00803. The molecule has 2 aliphatic heterocycles. The molecule has 0 spiro atoms. The largest absolute Gasteiger partial charge is 0.378 e. The van der Waals surface area contributed by atoms with E-state index < -0.39 is 10.6 Å². The van der Waals surface area contributed by atoms with Gasteiger partial charge in [0.05, 0.1) is 30.3 Å². The molecular formula is C19H19N3O4S2. The standard InChI is InChI=1S/C19H19N3O4S2/c23-18(21-7-9-26-10-8-21)16-15-12-28(24,25)19-14(6-11-27-19)17(15)22(20-16)13-4-2-1-3-5-13/h1-6,11,24-25H,7-10,12H2. The molecule has 2 aromatic heterocycles. The highest BCUT2D eigenvalue weighted by Gasteiger charge is 2.38. The van der Waals surface area contributed by atoms with Gasteiger partial charge in [-0.05, 0) is 23.6 Å². The molecule has 28 heavy (non-hydrogen) atoms. The van der Waals surface area contributed by atoms with E-state index in [1.165, 1.54) is 11.3 Å². The van der Waals surface area contributed by atoms with E-state index in [0.29, 0.717) is 36.1 Å². The Bertz CT molecular complexity index is 1040. The van der Waals surface area contributed by atoms with Crippen LogP contribution in [0.2, 0.25) is 0 Å². The molecule has 0 unspecified atom stereocenters. The van der Waals surface area contributed by atoms with Crippen LogP contribution in [-0.2, 0) is 10.5 Å². The van der Waals surface area contributed by atoms with Crippen LogP contribution >= 0.6 is 21.9 Å². The third-order valence-electron chi connectivity index (χ3n) is 5.01. The highest BCUT2D eigenvalue weighted by Crippen LogP contribution is 2.62. The molecule has 1 fully saturated rings. The van der Waals surface area contributed by atoms with Crippen LogP contribution in [0.4, 0.5) is 0 Å². The van der Waals surface area contributed by atoms with Crippen molar-refractivity contribution >= 4 is 27.8 Å². The Morgan fingerprint density at radius 2 is 1.89 bits per heavy atom. The molecule has 5 rings (SSSR count). The topological polar surface area (TPSA) is 87.8 Å². The number of rotatable bonds is 2. The molecule has 1 aromatic carbocycles. The molecule has 1 saturated heterocycles. The monoisotopic (exact) mass is 417 g/mol. The zero-order valence-corrected chi connectivity index (χ0v) is 16.6. The van der Waals surface area contributed by atoms with Crippen LogP contribution in [0.25, 0.3) is 16.9 Å². The summed E-state index contributed by atoms with van der Waals surface area (Å²) in [5.74, 6) is -0.184. The number of nitrogens with zero attached hydrogens (tertiary/aromatic N) is 3. The fourth-order valence-corrected chi connectivity index (χ4v) is 6.60. The predicted octanol–water partition coefficient (Wildman–Crippen LogP) is 3.70. The lowest BCUT2D eigenvalue weighted by atomic mass is 10.1. The molecule has 4 heterocycles. The van der Waals surface area contributed by atoms with Crippen LogP contribution in [0.3, 0.4) is 0 Å². The number of thiophene rings is 1. The molecule has 7 nitrogen and oxygen atoms in total. The smallest absolute Gasteiger partial charge is 0.274 e. The van der Waals surface area contributed by atoms with Gasteiger partial charge in [-0.3, -0.25) is 13.9 Å². The third-order valence-corrected chi connectivity index (χ3v) is 8.31. The van der Waals surface area contributed by atoms with Crippen molar-refractivity contribution in [2.24, 2.45) is 0 Å². The Morgan fingerprint density at radius 3 is 2.64 bits per heavy atom. The maximum absolute atomic E-state index is 13.2. The lowest BCUT2D eigenvalue weighted by molar-refractivity contribution is 0.0298. The number of carbonyl (C=O) groups is 1. The first-order chi connectivity index (χ1) is 13.6. The van der Waals surface area contributed by atoms with Crippen molar-refractivity contribution < 1.29 is 18.6 Å². The summed E-state index contributed by atoms with van der Waals surface area (Å²) in [6.07, 6.45) is 0. The highest BCUT2D eigenvalue weighted by molar-refractivity contribution is 8.25. The number of amides is 1. The Labute approximate surface area is 167 Å². The predicted molar refractivity (Wildman–Crippen MR) is 108 cm³/mol. The summed E-state index contributed by atoms with van der Waals surface area (Å²) in [7, 11) is -3.00. The van der Waals surface area contributed by atoms with Crippen molar-refractivity contribution in [3.8, 4) is 16.9 Å². The number of hydrogen-bond acceptors (Lipinski definition) is 6. The summed E-state index contributed by atoms with van der Waals surface area (Å²) < 4.78 is 29.1. The summed E-state index contributed by atoms with van der Waals surface area (Å²) in [5, 5.41) is 6.51. The Hall–Kier alpha value is -2.17. The Balaban J connectivity index is 1.71. The summed E-state index contributed by atoms with van der Waals surface area (Å²) >= 11 is 1.33. The second-order valence-corrected chi connectivity index (χ2v) is 9.97. The first-order valence-electron chi connectivity index (χ1n) is 8.94. The summed E-state index contributed by atoms with van der Waals surface area (Å²) in [6, 6.07) is 11.5. The fourth-order valence-electron chi connectivity index (χ4n) is 3.70. The van der Waals surface area contributed by atoms with Gasteiger partial charge in [0.1, 0.15) is 4.21 Å². The van der Waals surface area contributed by atoms with Crippen LogP contribution in [-0.4, -0.2) is 56.0 Å². The third kappa shape index (κ3) is 2.78. The first-order valence-corrected chi connectivity index (χ1v) is 11.5. The quantitative estimate of drug-likeness (QED) is 0.664. The van der Waals surface area contributed by atoms with Gasteiger partial charge in [-0.2, -0.15) is 15.7 Å². The van der Waals surface area contributed by atoms with Crippen molar-refractivity contribution in [1.29, 1.82) is 0 Å². The van der Waals surface area contributed by atoms with E-state index in [-0.39, 0.29) is 17.4 Å². The number of ether oxygens (including phenoxy) is 1. The zero-order valence-electron chi connectivity index (χ0n) is 14.9. The van der Waals surface area contributed by atoms with E-state index in [1.807, 2.05) is 41.8 Å². The van der Waals surface area contributed by atoms with E-state index in [4.69, 9.17) is 4.74 Å². The molecule has 0 saturated carbocycles. The summed E-state index contributed by atoms with van der Waals surface area (Å²) in [5.41, 5.74) is 3.23. The minimum atomic E-state index is -3.00. The van der Waals surface area contributed by atoms with E-state index in [9.17, 15) is 13.9 Å². The van der Waals surface area contributed by atoms with E-state index in [1.54, 1.807) is 9.58 Å². The van der Waals surface area contributed by atoms with Crippen LogP contribution < -0.4 is 0 Å². The van der Waals surface area contributed by atoms with Gasteiger partial charge in [0.15, 0.2) is 5.69 Å². The molecule has 0 atom stereocenters. The Morgan fingerprint density at radius 1 is 1.14 bits per heavy atom. The van der Waals surface area contributed by atoms with E-state index in [2.05, 4.69) is 5.10 Å². The summed E-state index contributed by atoms with van der Waals surface area (Å²) in [4.78, 5) is 14.9. The lowest BCUT2D eigenvalue weighted by Crippen LogP contribution is -2.41. The van der Waals surface area contributed by atoms with Gasteiger partial charge in [-0.1, -0.05) is 18.2 Å². The van der Waals surface area contributed by atoms with Gasteiger partial charge in [0, 0.05) is 24.2 Å². The van der Waals surface area contributed by atoms with Gasteiger partial charge < -0.3 is 9.64 Å². The Kier molecular flexibility index (Phi) is 4.29. The fraction of sp³-hybridized carbons (Fsp3) is 0.263. The molecule has 0 radical (unpaired) electrons. The number of morpholine rings is 1. The van der Waals surface area contributed by atoms with E-state index in [0.717, 1.165) is 16.9 Å². The van der Waals surface area contributed by atoms with Crippen LogP contribution in [0.15, 0.2) is 46.0 Å². The SMILES string of the molecule is O=C(c1nn(-c2ccccc2)c2c1CS(O)(O)c1sccc1-2)N1CCOCC1. The molecule has 146 valence electrons. The molecule has 0 aliphatic carbocycles. The van der Waals surface area contributed by atoms with Crippen molar-refractivity contribution in [1.82, 2.24) is 14.7 Å². The molecule has 9 heteroatoms. The molecule has 1 amide bonds. The number of hydrogen-bond donors (Lipinski definition) is 2. The minimum Gasteiger partial charge on any atom is -0.378 e. The normalized spacial score (nSPS) is 19.0. The second kappa shape index (κ2) is 6.71. The number of para-hydroxylation sites is 1. The van der Waals surface area contributed by atoms with E-state index >= 15 is 0 Å². The molecule has 0 bridgehead atoms. The number of fused-ring (bicyclic) bond motifs is 3. The molecule has 2 aliphatic rings. The highest BCUT2D eigenvalue weighted by atomic mass is 32.3. The lowest BCUT2D eigenvalue weighted by Gasteiger charge is -2.35. The van der Waals surface area contributed by atoms with Crippen LogP contribution in [0, 0.1) is 0 Å². The van der Waals surface area contributed by atoms with Gasteiger partial charge in [-0.25, -0.2) is 4.68 Å².